The highest BCUT2D eigenvalue weighted by Crippen LogP contribution is 2.05. The van der Waals surface area contributed by atoms with E-state index < -0.39 is 11.9 Å². The quantitative estimate of drug-likeness (QED) is 0.491. The molecule has 0 heterocycles. The van der Waals surface area contributed by atoms with E-state index >= 15 is 0 Å². The third kappa shape index (κ3) is 11.2. The minimum atomic E-state index is -0.657. The van der Waals surface area contributed by atoms with Gasteiger partial charge in [0.25, 0.3) is 0 Å². The zero-order valence-corrected chi connectivity index (χ0v) is 9.04. The standard InChI is InChI=1S/C5H12O2.C3H6O3/c1-5(2,6-3)7-4;1-5-3(4)6-2/h1-4H3;1-2H3. The Bertz CT molecular complexity index is 120. The monoisotopic (exact) mass is 194 g/mol. The fourth-order valence-corrected chi connectivity index (χ4v) is 0.167. The second-order valence-corrected chi connectivity index (χ2v) is 2.47. The molecule has 0 aliphatic rings. The van der Waals surface area contributed by atoms with E-state index in [1.165, 1.54) is 14.2 Å². The lowest BCUT2D eigenvalue weighted by atomic mass is 10.4. The Morgan fingerprint density at radius 1 is 0.923 bits per heavy atom. The van der Waals surface area contributed by atoms with Crippen LogP contribution in [0.15, 0.2) is 0 Å². The highest BCUT2D eigenvalue weighted by atomic mass is 16.7. The lowest BCUT2D eigenvalue weighted by Gasteiger charge is -2.19. The molecule has 0 N–H and O–H groups in total. The van der Waals surface area contributed by atoms with Crippen LogP contribution in [0.4, 0.5) is 4.79 Å². The number of methoxy groups -OCH3 is 4. The second-order valence-electron chi connectivity index (χ2n) is 2.47. The van der Waals surface area contributed by atoms with Gasteiger partial charge in [0, 0.05) is 14.2 Å². The SMILES string of the molecule is COC(=O)OC.COC(C)(C)OC. The number of hydrogen-bond acceptors (Lipinski definition) is 5. The molecule has 0 radical (unpaired) electrons. The molecule has 0 saturated carbocycles. The van der Waals surface area contributed by atoms with E-state index in [9.17, 15) is 4.79 Å². The first-order valence-electron chi connectivity index (χ1n) is 3.65. The number of carbonyl (C=O) groups is 1. The van der Waals surface area contributed by atoms with Gasteiger partial charge in [-0.1, -0.05) is 0 Å². The molecule has 80 valence electrons. The van der Waals surface area contributed by atoms with Gasteiger partial charge in [-0.05, 0) is 13.8 Å². The van der Waals surface area contributed by atoms with Gasteiger partial charge in [0.15, 0.2) is 5.79 Å². The molecule has 0 unspecified atom stereocenters. The van der Waals surface area contributed by atoms with Crippen LogP contribution in [0, 0.1) is 0 Å². The molecule has 0 aliphatic heterocycles. The maximum atomic E-state index is 9.74. The van der Waals surface area contributed by atoms with Crippen LogP contribution >= 0.6 is 0 Å². The number of carbonyl (C=O) groups excluding carboxylic acids is 1. The third-order valence-corrected chi connectivity index (χ3v) is 1.32. The Hall–Kier alpha value is -0.810. The molecule has 0 fully saturated rings. The number of rotatable bonds is 2. The molecule has 5 nitrogen and oxygen atoms in total. The summed E-state index contributed by atoms with van der Waals surface area (Å²) < 4.78 is 17.8. The van der Waals surface area contributed by atoms with Crippen molar-refractivity contribution >= 4 is 6.16 Å². The summed E-state index contributed by atoms with van der Waals surface area (Å²) in [6.07, 6.45) is -0.657. The van der Waals surface area contributed by atoms with Crippen molar-refractivity contribution in [3.63, 3.8) is 0 Å². The lowest BCUT2D eigenvalue weighted by molar-refractivity contribution is -0.178. The van der Waals surface area contributed by atoms with E-state index in [4.69, 9.17) is 9.47 Å². The van der Waals surface area contributed by atoms with Gasteiger partial charge in [-0.15, -0.1) is 0 Å². The topological polar surface area (TPSA) is 54.0 Å². The summed E-state index contributed by atoms with van der Waals surface area (Å²) in [5.74, 6) is -0.417. The predicted octanol–water partition coefficient (Wildman–Crippen LogP) is 1.41. The number of hydrogen-bond donors (Lipinski definition) is 0. The van der Waals surface area contributed by atoms with Crippen LogP contribution in [0.1, 0.15) is 13.8 Å². The summed E-state index contributed by atoms with van der Waals surface area (Å²) in [5, 5.41) is 0. The van der Waals surface area contributed by atoms with E-state index in [1.807, 2.05) is 13.8 Å². The summed E-state index contributed by atoms with van der Waals surface area (Å²) in [6, 6.07) is 0. The largest absolute Gasteiger partial charge is 0.507 e. The molecule has 0 atom stereocenters. The van der Waals surface area contributed by atoms with E-state index in [1.54, 1.807) is 14.2 Å². The predicted molar refractivity (Wildman–Crippen MR) is 47.5 cm³/mol. The van der Waals surface area contributed by atoms with Crippen LogP contribution in [-0.2, 0) is 18.9 Å². The van der Waals surface area contributed by atoms with E-state index in [-0.39, 0.29) is 0 Å². The van der Waals surface area contributed by atoms with Crippen molar-refractivity contribution in [1.29, 1.82) is 0 Å². The van der Waals surface area contributed by atoms with E-state index in [0.717, 1.165) is 0 Å². The molecule has 0 aromatic heterocycles. The first kappa shape index (κ1) is 14.7. The summed E-state index contributed by atoms with van der Waals surface area (Å²) in [4.78, 5) is 9.74. The Labute approximate surface area is 78.9 Å². The van der Waals surface area contributed by atoms with Crippen molar-refractivity contribution in [2.24, 2.45) is 0 Å². The fraction of sp³-hybridized carbons (Fsp3) is 0.875. The summed E-state index contributed by atoms with van der Waals surface area (Å²) >= 11 is 0. The summed E-state index contributed by atoms with van der Waals surface area (Å²) in [7, 11) is 5.74. The molecule has 0 bridgehead atoms. The maximum absolute atomic E-state index is 9.74. The first-order chi connectivity index (χ1) is 5.93. The van der Waals surface area contributed by atoms with Crippen LogP contribution in [0.2, 0.25) is 0 Å². The van der Waals surface area contributed by atoms with Crippen molar-refractivity contribution in [1.82, 2.24) is 0 Å². The average molecular weight is 194 g/mol. The minimum Gasteiger partial charge on any atom is -0.438 e. The molecule has 0 aliphatic carbocycles. The lowest BCUT2D eigenvalue weighted by Crippen LogP contribution is -2.24. The number of ether oxygens (including phenoxy) is 4. The second kappa shape index (κ2) is 7.82. The van der Waals surface area contributed by atoms with E-state index in [2.05, 4.69) is 9.47 Å². The smallest absolute Gasteiger partial charge is 0.438 e. The van der Waals surface area contributed by atoms with Crippen LogP contribution in [0.25, 0.3) is 0 Å². The Balaban J connectivity index is 0. The van der Waals surface area contributed by atoms with Crippen LogP contribution in [0.3, 0.4) is 0 Å². The van der Waals surface area contributed by atoms with Gasteiger partial charge in [0.05, 0.1) is 14.2 Å². The van der Waals surface area contributed by atoms with Gasteiger partial charge < -0.3 is 18.9 Å². The molecule has 0 amide bonds. The van der Waals surface area contributed by atoms with Crippen molar-refractivity contribution in [3.05, 3.63) is 0 Å². The van der Waals surface area contributed by atoms with E-state index in [0.29, 0.717) is 0 Å². The van der Waals surface area contributed by atoms with Gasteiger partial charge in [-0.2, -0.15) is 0 Å². The highest BCUT2D eigenvalue weighted by Gasteiger charge is 2.11. The zero-order valence-electron chi connectivity index (χ0n) is 9.04. The molecule has 0 saturated heterocycles. The molecular formula is C8H18O5. The zero-order chi connectivity index (χ0) is 10.9. The van der Waals surface area contributed by atoms with Gasteiger partial charge in [0.1, 0.15) is 0 Å². The van der Waals surface area contributed by atoms with Gasteiger partial charge >= 0.3 is 6.16 Å². The van der Waals surface area contributed by atoms with Crippen molar-refractivity contribution < 1.29 is 23.7 Å². The first-order valence-corrected chi connectivity index (χ1v) is 3.65. The molecule has 0 aromatic rings. The van der Waals surface area contributed by atoms with Gasteiger partial charge in [0.2, 0.25) is 0 Å². The molecule has 5 heteroatoms. The van der Waals surface area contributed by atoms with Crippen molar-refractivity contribution in [2.45, 2.75) is 19.6 Å². The third-order valence-electron chi connectivity index (χ3n) is 1.32. The van der Waals surface area contributed by atoms with Crippen LogP contribution in [0.5, 0.6) is 0 Å². The molecule has 0 rings (SSSR count). The minimum absolute atomic E-state index is 0.417. The van der Waals surface area contributed by atoms with Crippen LogP contribution < -0.4 is 0 Å². The van der Waals surface area contributed by atoms with Gasteiger partial charge in [-0.3, -0.25) is 0 Å². The average Bonchev–Trinajstić information content (AvgIpc) is 2.17. The van der Waals surface area contributed by atoms with Crippen molar-refractivity contribution in [3.8, 4) is 0 Å². The van der Waals surface area contributed by atoms with Crippen molar-refractivity contribution in [2.75, 3.05) is 28.4 Å². The van der Waals surface area contributed by atoms with Gasteiger partial charge in [-0.25, -0.2) is 4.79 Å². The van der Waals surface area contributed by atoms with Crippen LogP contribution in [-0.4, -0.2) is 40.4 Å². The summed E-state index contributed by atoms with van der Waals surface area (Å²) in [5.41, 5.74) is 0. The summed E-state index contributed by atoms with van der Waals surface area (Å²) in [6.45, 7) is 3.71. The Kier molecular flexibility index (Phi) is 8.84. The Morgan fingerprint density at radius 3 is 1.23 bits per heavy atom. The fourth-order valence-electron chi connectivity index (χ4n) is 0.167. The molecule has 13 heavy (non-hydrogen) atoms. The Morgan fingerprint density at radius 2 is 1.23 bits per heavy atom. The maximum Gasteiger partial charge on any atom is 0.507 e. The normalized spacial score (nSPS) is 9.69. The highest BCUT2D eigenvalue weighted by molar-refractivity contribution is 5.59. The molecule has 0 aromatic carbocycles. The molecule has 0 spiro atoms. The molecular weight excluding hydrogens is 176 g/mol.